The van der Waals surface area contributed by atoms with Gasteiger partial charge in [-0.3, -0.25) is 4.79 Å². The zero-order valence-electron chi connectivity index (χ0n) is 6.29. The summed E-state index contributed by atoms with van der Waals surface area (Å²) in [5.74, 6) is -0.188. The molecule has 0 aliphatic carbocycles. The van der Waals surface area contributed by atoms with Crippen molar-refractivity contribution in [1.82, 2.24) is 0 Å². The highest BCUT2D eigenvalue weighted by atomic mass is 35.5. The van der Waals surface area contributed by atoms with Crippen molar-refractivity contribution in [2.24, 2.45) is 5.73 Å². The third-order valence-corrected chi connectivity index (χ3v) is 1.03. The third-order valence-electron chi connectivity index (χ3n) is 1.03. The summed E-state index contributed by atoms with van der Waals surface area (Å²) < 4.78 is 4.41. The SMILES string of the molecule is COC(=O)CC[C@@H](C)N.Cl. The summed E-state index contributed by atoms with van der Waals surface area (Å²) in [5.41, 5.74) is 5.39. The molecule has 0 heterocycles. The van der Waals surface area contributed by atoms with Crippen LogP contribution in [0.25, 0.3) is 0 Å². The van der Waals surface area contributed by atoms with Crippen molar-refractivity contribution in [3.05, 3.63) is 0 Å². The number of hydrogen-bond donors (Lipinski definition) is 1. The summed E-state index contributed by atoms with van der Waals surface area (Å²) in [6, 6.07) is 0.0871. The van der Waals surface area contributed by atoms with Crippen LogP contribution in [0.3, 0.4) is 0 Å². The van der Waals surface area contributed by atoms with Crippen molar-refractivity contribution in [2.75, 3.05) is 7.11 Å². The fourth-order valence-electron chi connectivity index (χ4n) is 0.448. The van der Waals surface area contributed by atoms with Crippen molar-refractivity contribution < 1.29 is 9.53 Å². The van der Waals surface area contributed by atoms with Gasteiger partial charge in [0.05, 0.1) is 7.11 Å². The Morgan fingerprint density at radius 3 is 2.50 bits per heavy atom. The first-order valence-corrected chi connectivity index (χ1v) is 2.99. The van der Waals surface area contributed by atoms with Crippen LogP contribution in [0.15, 0.2) is 0 Å². The fourth-order valence-corrected chi connectivity index (χ4v) is 0.448. The lowest BCUT2D eigenvalue weighted by atomic mass is 10.2. The van der Waals surface area contributed by atoms with Crippen molar-refractivity contribution in [3.63, 3.8) is 0 Å². The summed E-state index contributed by atoms with van der Waals surface area (Å²) in [7, 11) is 1.38. The van der Waals surface area contributed by atoms with Gasteiger partial charge in [0.25, 0.3) is 0 Å². The average molecular weight is 168 g/mol. The Bertz CT molecular complexity index is 95.7. The Labute approximate surface area is 67.3 Å². The van der Waals surface area contributed by atoms with E-state index in [1.54, 1.807) is 0 Å². The highest BCUT2D eigenvalue weighted by Gasteiger charge is 2.00. The number of methoxy groups -OCH3 is 1. The summed E-state index contributed by atoms with van der Waals surface area (Å²) in [5, 5.41) is 0. The van der Waals surface area contributed by atoms with Crippen LogP contribution in [0.5, 0.6) is 0 Å². The van der Waals surface area contributed by atoms with Gasteiger partial charge >= 0.3 is 5.97 Å². The van der Waals surface area contributed by atoms with Gasteiger partial charge in [0.2, 0.25) is 0 Å². The molecule has 0 aliphatic heterocycles. The van der Waals surface area contributed by atoms with Gasteiger partial charge in [-0.1, -0.05) is 0 Å². The van der Waals surface area contributed by atoms with E-state index in [1.807, 2.05) is 6.92 Å². The summed E-state index contributed by atoms with van der Waals surface area (Å²) in [6.07, 6.45) is 1.13. The number of hydrogen-bond acceptors (Lipinski definition) is 3. The lowest BCUT2D eigenvalue weighted by molar-refractivity contribution is -0.140. The van der Waals surface area contributed by atoms with E-state index in [-0.39, 0.29) is 24.4 Å². The van der Waals surface area contributed by atoms with Gasteiger partial charge < -0.3 is 10.5 Å². The predicted octanol–water partition coefficient (Wildman–Crippen LogP) is 0.709. The number of carbonyl (C=O) groups is 1. The molecular weight excluding hydrogens is 154 g/mol. The van der Waals surface area contributed by atoms with Gasteiger partial charge in [0.1, 0.15) is 0 Å². The van der Waals surface area contributed by atoms with E-state index in [1.165, 1.54) is 7.11 Å². The maximum Gasteiger partial charge on any atom is 0.305 e. The molecule has 0 unspecified atom stereocenters. The number of carbonyl (C=O) groups excluding carboxylic acids is 1. The van der Waals surface area contributed by atoms with Gasteiger partial charge in [-0.15, -0.1) is 12.4 Å². The molecule has 0 aromatic carbocycles. The highest BCUT2D eigenvalue weighted by molar-refractivity contribution is 5.85. The summed E-state index contributed by atoms with van der Waals surface area (Å²) in [6.45, 7) is 1.86. The molecule has 0 aromatic heterocycles. The van der Waals surface area contributed by atoms with E-state index in [0.717, 1.165) is 0 Å². The number of esters is 1. The van der Waals surface area contributed by atoms with E-state index in [2.05, 4.69) is 4.74 Å². The van der Waals surface area contributed by atoms with E-state index in [9.17, 15) is 4.79 Å². The van der Waals surface area contributed by atoms with Crippen molar-refractivity contribution in [2.45, 2.75) is 25.8 Å². The molecule has 0 fully saturated rings. The van der Waals surface area contributed by atoms with Gasteiger partial charge in [-0.25, -0.2) is 0 Å². The van der Waals surface area contributed by atoms with Crippen molar-refractivity contribution in [1.29, 1.82) is 0 Å². The van der Waals surface area contributed by atoms with Gasteiger partial charge in [0, 0.05) is 12.5 Å². The first-order chi connectivity index (χ1) is 4.16. The molecule has 1 atom stereocenters. The molecule has 10 heavy (non-hydrogen) atoms. The molecule has 0 spiro atoms. The number of halogens is 1. The first-order valence-electron chi connectivity index (χ1n) is 2.99. The zero-order valence-corrected chi connectivity index (χ0v) is 7.11. The lowest BCUT2D eigenvalue weighted by Crippen LogP contribution is -2.16. The Balaban J connectivity index is 0. The Morgan fingerprint density at radius 2 is 2.20 bits per heavy atom. The number of ether oxygens (including phenoxy) is 1. The molecule has 0 bridgehead atoms. The molecule has 0 aromatic rings. The monoisotopic (exact) mass is 167 g/mol. The zero-order chi connectivity index (χ0) is 7.28. The highest BCUT2D eigenvalue weighted by Crippen LogP contribution is 1.93. The topological polar surface area (TPSA) is 52.3 Å². The number of rotatable bonds is 3. The summed E-state index contributed by atoms with van der Waals surface area (Å²) in [4.78, 5) is 10.4. The largest absolute Gasteiger partial charge is 0.469 e. The molecule has 0 rings (SSSR count). The second-order valence-electron chi connectivity index (χ2n) is 2.09. The van der Waals surface area contributed by atoms with E-state index < -0.39 is 0 Å². The van der Waals surface area contributed by atoms with E-state index >= 15 is 0 Å². The van der Waals surface area contributed by atoms with E-state index in [4.69, 9.17) is 5.73 Å². The molecule has 3 nitrogen and oxygen atoms in total. The van der Waals surface area contributed by atoms with E-state index in [0.29, 0.717) is 12.8 Å². The minimum atomic E-state index is -0.188. The van der Waals surface area contributed by atoms with Crippen LogP contribution in [0.2, 0.25) is 0 Å². The quantitative estimate of drug-likeness (QED) is 0.630. The lowest BCUT2D eigenvalue weighted by Gasteiger charge is -2.01. The molecule has 0 saturated heterocycles. The van der Waals surface area contributed by atoms with Crippen LogP contribution < -0.4 is 5.73 Å². The summed E-state index contributed by atoms with van der Waals surface area (Å²) >= 11 is 0. The molecule has 0 saturated carbocycles. The van der Waals surface area contributed by atoms with Crippen LogP contribution in [0.1, 0.15) is 19.8 Å². The molecule has 0 amide bonds. The minimum absolute atomic E-state index is 0. The first kappa shape index (κ1) is 12.4. The smallest absolute Gasteiger partial charge is 0.305 e. The number of nitrogens with two attached hydrogens (primary N) is 1. The average Bonchev–Trinajstić information content (AvgIpc) is 1.83. The predicted molar refractivity (Wildman–Crippen MR) is 42.1 cm³/mol. The molecule has 0 radical (unpaired) electrons. The van der Waals surface area contributed by atoms with Crippen LogP contribution in [0.4, 0.5) is 0 Å². The fraction of sp³-hybridized carbons (Fsp3) is 0.833. The molecule has 62 valence electrons. The van der Waals surface area contributed by atoms with Crippen LogP contribution in [-0.2, 0) is 9.53 Å². The molecule has 2 N–H and O–H groups in total. The third kappa shape index (κ3) is 7.72. The molecule has 0 aliphatic rings. The standard InChI is InChI=1S/C6H13NO2.ClH/c1-5(7)3-4-6(8)9-2;/h5H,3-4,7H2,1-2H3;1H/t5-;/m1./s1. The van der Waals surface area contributed by atoms with Crippen LogP contribution >= 0.6 is 12.4 Å². The second kappa shape index (κ2) is 6.83. The molecule has 4 heteroatoms. The minimum Gasteiger partial charge on any atom is -0.469 e. The van der Waals surface area contributed by atoms with Crippen LogP contribution in [0, 0.1) is 0 Å². The normalized spacial score (nSPS) is 11.5. The Kier molecular flexibility index (Phi) is 8.48. The Hall–Kier alpha value is -0.280. The maximum absolute atomic E-state index is 10.4. The maximum atomic E-state index is 10.4. The molecular formula is C6H14ClNO2. The van der Waals surface area contributed by atoms with Crippen molar-refractivity contribution in [3.8, 4) is 0 Å². The van der Waals surface area contributed by atoms with Gasteiger partial charge in [0.15, 0.2) is 0 Å². The van der Waals surface area contributed by atoms with Crippen molar-refractivity contribution >= 4 is 18.4 Å². The Morgan fingerprint density at radius 1 is 1.70 bits per heavy atom. The van der Waals surface area contributed by atoms with Gasteiger partial charge in [-0.2, -0.15) is 0 Å². The van der Waals surface area contributed by atoms with Gasteiger partial charge in [-0.05, 0) is 13.3 Å². The van der Waals surface area contributed by atoms with Crippen LogP contribution in [-0.4, -0.2) is 19.1 Å². The second-order valence-corrected chi connectivity index (χ2v) is 2.09.